The first-order valence-electron chi connectivity index (χ1n) is 3.95. The van der Waals surface area contributed by atoms with Gasteiger partial charge in [0.2, 0.25) is 0 Å². The van der Waals surface area contributed by atoms with Crippen LogP contribution < -0.4 is 15.2 Å². The molecule has 0 radical (unpaired) electrons. The van der Waals surface area contributed by atoms with Crippen LogP contribution in [0.5, 0.6) is 11.5 Å². The van der Waals surface area contributed by atoms with Gasteiger partial charge in [-0.25, -0.2) is 0 Å². The van der Waals surface area contributed by atoms with Crippen molar-refractivity contribution in [1.82, 2.24) is 0 Å². The van der Waals surface area contributed by atoms with Gasteiger partial charge in [-0.1, -0.05) is 17.7 Å². The van der Waals surface area contributed by atoms with Gasteiger partial charge in [-0.3, -0.25) is 0 Å². The van der Waals surface area contributed by atoms with E-state index in [1.54, 1.807) is 19.2 Å². The Morgan fingerprint density at radius 1 is 1.36 bits per heavy atom. The average Bonchev–Trinajstić information content (AvgIpc) is 2.16. The van der Waals surface area contributed by atoms with E-state index in [1.807, 2.05) is 6.07 Å². The average molecular weight is 238 g/mol. The van der Waals surface area contributed by atoms with Crippen LogP contribution in [0.3, 0.4) is 0 Å². The number of hydrogen-bond donors (Lipinski definition) is 1. The van der Waals surface area contributed by atoms with E-state index < -0.39 is 0 Å². The van der Waals surface area contributed by atoms with Crippen LogP contribution in [-0.2, 0) is 0 Å². The van der Waals surface area contributed by atoms with Gasteiger partial charge in [0.15, 0.2) is 0 Å². The number of ether oxygens (including phenoxy) is 2. The number of hydrogen-bond acceptors (Lipinski definition) is 3. The molecule has 0 aliphatic carbocycles. The molecule has 0 aliphatic heterocycles. The maximum atomic E-state index is 5.95. The minimum absolute atomic E-state index is 0. The molecule has 0 saturated carbocycles. The number of methoxy groups -OCH3 is 1. The van der Waals surface area contributed by atoms with Crippen LogP contribution in [-0.4, -0.2) is 20.3 Å². The zero-order valence-corrected chi connectivity index (χ0v) is 9.40. The van der Waals surface area contributed by atoms with Crippen LogP contribution in [0.25, 0.3) is 0 Å². The van der Waals surface area contributed by atoms with E-state index in [2.05, 4.69) is 0 Å². The Kier molecular flexibility index (Phi) is 6.45. The number of rotatable bonds is 4. The Hall–Kier alpha value is -0.640. The molecule has 0 spiro atoms. The lowest BCUT2D eigenvalue weighted by molar-refractivity contribution is 0.325. The maximum absolute atomic E-state index is 5.95. The Morgan fingerprint density at radius 2 is 2.00 bits per heavy atom. The summed E-state index contributed by atoms with van der Waals surface area (Å²) in [7, 11) is 1.56. The van der Waals surface area contributed by atoms with Crippen molar-refractivity contribution in [3.05, 3.63) is 23.2 Å². The lowest BCUT2D eigenvalue weighted by Crippen LogP contribution is -2.10. The van der Waals surface area contributed by atoms with E-state index in [0.717, 1.165) is 0 Å². The lowest BCUT2D eigenvalue weighted by Gasteiger charge is -2.09. The second-order valence-corrected chi connectivity index (χ2v) is 2.79. The highest BCUT2D eigenvalue weighted by Gasteiger charge is 2.06. The summed E-state index contributed by atoms with van der Waals surface area (Å²) in [6.07, 6.45) is 0. The van der Waals surface area contributed by atoms with Crippen molar-refractivity contribution in [2.45, 2.75) is 0 Å². The van der Waals surface area contributed by atoms with Gasteiger partial charge < -0.3 is 15.2 Å². The highest BCUT2D eigenvalue weighted by molar-refractivity contribution is 6.33. The van der Waals surface area contributed by atoms with E-state index in [-0.39, 0.29) is 12.4 Å². The molecule has 0 bridgehead atoms. The first-order valence-corrected chi connectivity index (χ1v) is 4.32. The van der Waals surface area contributed by atoms with Gasteiger partial charge in [0.05, 0.1) is 7.11 Å². The van der Waals surface area contributed by atoms with Crippen molar-refractivity contribution in [3.63, 3.8) is 0 Å². The van der Waals surface area contributed by atoms with Gasteiger partial charge in [-0.05, 0) is 12.1 Å². The molecular weight excluding hydrogens is 225 g/mol. The van der Waals surface area contributed by atoms with Crippen LogP contribution in [0.15, 0.2) is 18.2 Å². The van der Waals surface area contributed by atoms with Crippen LogP contribution >= 0.6 is 24.0 Å². The molecule has 0 heterocycles. The van der Waals surface area contributed by atoms with E-state index >= 15 is 0 Å². The molecule has 80 valence electrons. The molecule has 1 aromatic rings. The van der Waals surface area contributed by atoms with Crippen molar-refractivity contribution in [1.29, 1.82) is 0 Å². The molecule has 5 heteroatoms. The second-order valence-electron chi connectivity index (χ2n) is 2.41. The standard InChI is InChI=1S/C9H12ClNO2.ClH/c1-12-7-3-2-4-8(9(7)10)13-6-5-11;/h2-4H,5-6,11H2,1H3;1H. The first kappa shape index (κ1) is 13.4. The quantitative estimate of drug-likeness (QED) is 0.873. The first-order chi connectivity index (χ1) is 6.29. The molecule has 0 aromatic heterocycles. The molecule has 14 heavy (non-hydrogen) atoms. The minimum Gasteiger partial charge on any atom is -0.495 e. The van der Waals surface area contributed by atoms with Crippen molar-refractivity contribution in [2.75, 3.05) is 20.3 Å². The lowest BCUT2D eigenvalue weighted by atomic mass is 10.3. The van der Waals surface area contributed by atoms with Gasteiger partial charge in [-0.2, -0.15) is 0 Å². The largest absolute Gasteiger partial charge is 0.495 e. The number of benzene rings is 1. The maximum Gasteiger partial charge on any atom is 0.141 e. The van der Waals surface area contributed by atoms with E-state index in [1.165, 1.54) is 0 Å². The summed E-state index contributed by atoms with van der Waals surface area (Å²) in [6.45, 7) is 0.917. The fourth-order valence-electron chi connectivity index (χ4n) is 0.929. The molecule has 0 amide bonds. The Bertz CT molecular complexity index is 282. The van der Waals surface area contributed by atoms with Gasteiger partial charge >= 0.3 is 0 Å². The molecule has 0 saturated heterocycles. The molecule has 0 fully saturated rings. The predicted molar refractivity (Wildman–Crippen MR) is 59.8 cm³/mol. The van der Waals surface area contributed by atoms with Crippen LogP contribution in [0, 0.1) is 0 Å². The Morgan fingerprint density at radius 3 is 2.57 bits per heavy atom. The molecule has 1 aromatic carbocycles. The predicted octanol–water partition coefficient (Wildman–Crippen LogP) is 2.11. The molecular formula is C9H13Cl2NO2. The Labute approximate surface area is 94.5 Å². The number of nitrogens with two attached hydrogens (primary N) is 1. The molecule has 0 unspecified atom stereocenters. The molecule has 1 rings (SSSR count). The normalized spacial score (nSPS) is 9.07. The van der Waals surface area contributed by atoms with Gasteiger partial charge in [0.25, 0.3) is 0 Å². The SMILES string of the molecule is COc1cccc(OCCN)c1Cl.Cl. The van der Waals surface area contributed by atoms with Crippen molar-refractivity contribution in [2.24, 2.45) is 5.73 Å². The number of halogens is 2. The van der Waals surface area contributed by atoms with Gasteiger partial charge in [0, 0.05) is 6.54 Å². The summed E-state index contributed by atoms with van der Waals surface area (Å²) in [5.74, 6) is 1.21. The third-order valence-electron chi connectivity index (χ3n) is 1.52. The highest BCUT2D eigenvalue weighted by atomic mass is 35.5. The Balaban J connectivity index is 0.00000169. The third kappa shape index (κ3) is 3.25. The van der Waals surface area contributed by atoms with E-state index in [4.69, 9.17) is 26.8 Å². The summed E-state index contributed by atoms with van der Waals surface area (Å²) < 4.78 is 10.3. The molecule has 3 nitrogen and oxygen atoms in total. The summed E-state index contributed by atoms with van der Waals surface area (Å²) in [5, 5.41) is 0.485. The van der Waals surface area contributed by atoms with Crippen LogP contribution in [0.4, 0.5) is 0 Å². The summed E-state index contributed by atoms with van der Waals surface area (Å²) >= 11 is 5.95. The molecule has 0 atom stereocenters. The van der Waals surface area contributed by atoms with Gasteiger partial charge in [-0.15, -0.1) is 12.4 Å². The van der Waals surface area contributed by atoms with Crippen LogP contribution in [0.2, 0.25) is 5.02 Å². The van der Waals surface area contributed by atoms with E-state index in [9.17, 15) is 0 Å². The van der Waals surface area contributed by atoms with Crippen LogP contribution in [0.1, 0.15) is 0 Å². The fraction of sp³-hybridized carbons (Fsp3) is 0.333. The van der Waals surface area contributed by atoms with Crippen molar-refractivity contribution in [3.8, 4) is 11.5 Å². The van der Waals surface area contributed by atoms with Crippen molar-refractivity contribution < 1.29 is 9.47 Å². The third-order valence-corrected chi connectivity index (χ3v) is 1.90. The monoisotopic (exact) mass is 237 g/mol. The minimum atomic E-state index is 0. The second kappa shape index (κ2) is 6.76. The summed E-state index contributed by atoms with van der Waals surface area (Å²) in [4.78, 5) is 0. The zero-order valence-electron chi connectivity index (χ0n) is 7.83. The zero-order chi connectivity index (χ0) is 9.68. The molecule has 2 N–H and O–H groups in total. The summed E-state index contributed by atoms with van der Waals surface area (Å²) in [6, 6.07) is 5.37. The fourth-order valence-corrected chi connectivity index (χ4v) is 1.19. The molecule has 0 aliphatic rings. The topological polar surface area (TPSA) is 44.5 Å². The van der Waals surface area contributed by atoms with Gasteiger partial charge in [0.1, 0.15) is 23.1 Å². The highest BCUT2D eigenvalue weighted by Crippen LogP contribution is 2.33. The van der Waals surface area contributed by atoms with E-state index in [0.29, 0.717) is 29.7 Å². The summed E-state index contributed by atoms with van der Waals surface area (Å²) in [5.41, 5.74) is 5.30. The smallest absolute Gasteiger partial charge is 0.141 e. The van der Waals surface area contributed by atoms with Crippen molar-refractivity contribution >= 4 is 24.0 Å².